The van der Waals surface area contributed by atoms with Crippen molar-refractivity contribution in [2.75, 3.05) is 4.90 Å². The normalized spacial score (nSPS) is 15.0. The molecule has 0 saturated heterocycles. The fraction of sp³-hybridized carbons (Fsp3) is 0.0189. The van der Waals surface area contributed by atoms with Crippen molar-refractivity contribution in [2.45, 2.75) is 5.41 Å². The van der Waals surface area contributed by atoms with Gasteiger partial charge in [-0.1, -0.05) is 152 Å². The molecule has 1 aromatic heterocycles. The molecule has 0 amide bonds. The minimum atomic E-state index is -0.550. The zero-order chi connectivity index (χ0) is 36.8. The Morgan fingerprint density at radius 1 is 0.411 bits per heavy atom. The van der Waals surface area contributed by atoms with E-state index in [1.807, 2.05) is 12.1 Å². The number of benzene rings is 9. The third kappa shape index (κ3) is 4.28. The van der Waals surface area contributed by atoms with Crippen LogP contribution in [0.2, 0.25) is 0 Å². The maximum atomic E-state index is 6.86. The fourth-order valence-electron chi connectivity index (χ4n) is 9.52. The quantitative estimate of drug-likeness (QED) is 0.181. The van der Waals surface area contributed by atoms with Gasteiger partial charge in [0.05, 0.1) is 11.1 Å². The molecule has 3 nitrogen and oxygen atoms in total. The Balaban J connectivity index is 1.04. The standard InChI is InChI=1S/C53H33NO2/c1-2-14-37(15-3-1)54(48-22-12-19-43-42-18-7-10-23-49(42)55-52(43)48)38-29-25-34(26-30-38)36-27-31-41-40-17-6-8-20-44(40)53(47(41)33-36)45-21-9-11-24-50(45)56-51-39-16-5-4-13-35(39)28-32-46(51)53/h1-33H. The first kappa shape index (κ1) is 31.0. The highest BCUT2D eigenvalue weighted by molar-refractivity contribution is 6.10. The van der Waals surface area contributed by atoms with Crippen LogP contribution >= 0.6 is 0 Å². The molecule has 9 aromatic carbocycles. The van der Waals surface area contributed by atoms with E-state index < -0.39 is 5.41 Å². The monoisotopic (exact) mass is 715 g/mol. The molecule has 2 heterocycles. The summed E-state index contributed by atoms with van der Waals surface area (Å²) in [6.45, 7) is 0. The summed E-state index contributed by atoms with van der Waals surface area (Å²) < 4.78 is 13.4. The van der Waals surface area contributed by atoms with Gasteiger partial charge in [0.25, 0.3) is 0 Å². The van der Waals surface area contributed by atoms with E-state index in [1.165, 1.54) is 44.3 Å². The number of hydrogen-bond acceptors (Lipinski definition) is 3. The Labute approximate surface area is 324 Å². The summed E-state index contributed by atoms with van der Waals surface area (Å²) in [5.74, 6) is 1.83. The third-order valence-electron chi connectivity index (χ3n) is 11.9. The molecule has 1 aliphatic heterocycles. The van der Waals surface area contributed by atoms with Crippen LogP contribution in [-0.4, -0.2) is 0 Å². The number of rotatable bonds is 4. The van der Waals surface area contributed by atoms with Gasteiger partial charge in [0.1, 0.15) is 17.1 Å². The van der Waals surface area contributed by atoms with Gasteiger partial charge >= 0.3 is 0 Å². The lowest BCUT2D eigenvalue weighted by atomic mass is 9.65. The SMILES string of the molecule is c1ccc(N(c2ccc(-c3ccc4c(c3)C3(c5ccccc5Oc5c3ccc3ccccc53)c3ccccc3-4)cc2)c2cccc3c2oc2ccccc23)cc1. The molecule has 12 rings (SSSR count). The van der Waals surface area contributed by atoms with Crippen LogP contribution in [0.5, 0.6) is 11.5 Å². The number of furan rings is 1. The topological polar surface area (TPSA) is 25.6 Å². The van der Waals surface area contributed by atoms with Crippen LogP contribution in [0.15, 0.2) is 205 Å². The number of ether oxygens (including phenoxy) is 1. The van der Waals surface area contributed by atoms with Gasteiger partial charge in [0, 0.05) is 38.7 Å². The Morgan fingerprint density at radius 2 is 1.09 bits per heavy atom. The van der Waals surface area contributed by atoms with Gasteiger partial charge in [-0.15, -0.1) is 0 Å². The molecule has 1 unspecified atom stereocenters. The summed E-state index contributed by atoms with van der Waals surface area (Å²) in [5, 5.41) is 4.51. The highest BCUT2D eigenvalue weighted by Gasteiger charge is 2.51. The van der Waals surface area contributed by atoms with Crippen molar-refractivity contribution >= 4 is 49.8 Å². The first-order chi connectivity index (χ1) is 27.8. The van der Waals surface area contributed by atoms with Crippen molar-refractivity contribution in [2.24, 2.45) is 0 Å². The van der Waals surface area contributed by atoms with E-state index in [9.17, 15) is 0 Å². The van der Waals surface area contributed by atoms with Crippen LogP contribution < -0.4 is 9.64 Å². The van der Waals surface area contributed by atoms with E-state index in [4.69, 9.17) is 9.15 Å². The van der Waals surface area contributed by atoms with Crippen molar-refractivity contribution in [3.8, 4) is 33.8 Å². The van der Waals surface area contributed by atoms with E-state index in [0.717, 1.165) is 61.4 Å². The maximum absolute atomic E-state index is 6.86. The van der Waals surface area contributed by atoms with Gasteiger partial charge in [-0.3, -0.25) is 0 Å². The molecule has 56 heavy (non-hydrogen) atoms. The zero-order valence-electron chi connectivity index (χ0n) is 30.3. The van der Waals surface area contributed by atoms with Crippen LogP contribution in [0.25, 0.3) is 55.0 Å². The maximum Gasteiger partial charge on any atom is 0.159 e. The lowest BCUT2D eigenvalue weighted by Gasteiger charge is -2.40. The van der Waals surface area contributed by atoms with Gasteiger partial charge < -0.3 is 14.1 Å². The smallest absolute Gasteiger partial charge is 0.159 e. The van der Waals surface area contributed by atoms with E-state index in [1.54, 1.807) is 0 Å². The van der Waals surface area contributed by atoms with Gasteiger partial charge in [-0.05, 0) is 87.3 Å². The number of anilines is 3. The van der Waals surface area contributed by atoms with Crippen molar-refractivity contribution in [3.63, 3.8) is 0 Å². The van der Waals surface area contributed by atoms with E-state index in [2.05, 4.69) is 193 Å². The molecule has 2 aliphatic rings. The fourth-order valence-corrected chi connectivity index (χ4v) is 9.52. The van der Waals surface area contributed by atoms with Crippen molar-refractivity contribution in [1.29, 1.82) is 0 Å². The summed E-state index contributed by atoms with van der Waals surface area (Å²) in [5.41, 5.74) is 14.1. The van der Waals surface area contributed by atoms with Gasteiger partial charge in [-0.2, -0.15) is 0 Å². The first-order valence-corrected chi connectivity index (χ1v) is 19.2. The summed E-state index contributed by atoms with van der Waals surface area (Å²) in [4.78, 5) is 2.29. The molecule has 0 saturated carbocycles. The van der Waals surface area contributed by atoms with Crippen LogP contribution in [0, 0.1) is 0 Å². The van der Waals surface area contributed by atoms with Crippen LogP contribution in [0.4, 0.5) is 17.1 Å². The average Bonchev–Trinajstić information content (AvgIpc) is 3.79. The molecule has 1 aliphatic carbocycles. The second kappa shape index (κ2) is 11.8. The molecular formula is C53H33NO2. The summed E-state index contributed by atoms with van der Waals surface area (Å²) in [6.07, 6.45) is 0. The molecule has 0 radical (unpaired) electrons. The summed E-state index contributed by atoms with van der Waals surface area (Å²) in [7, 11) is 0. The molecule has 3 heteroatoms. The molecule has 262 valence electrons. The van der Waals surface area contributed by atoms with Crippen molar-refractivity contribution in [1.82, 2.24) is 0 Å². The van der Waals surface area contributed by atoms with E-state index in [-0.39, 0.29) is 0 Å². The number of para-hydroxylation sites is 4. The van der Waals surface area contributed by atoms with Crippen LogP contribution in [0.1, 0.15) is 22.3 Å². The molecule has 0 fully saturated rings. The predicted molar refractivity (Wildman–Crippen MR) is 229 cm³/mol. The minimum Gasteiger partial charge on any atom is -0.456 e. The second-order valence-electron chi connectivity index (χ2n) is 14.8. The predicted octanol–water partition coefficient (Wildman–Crippen LogP) is 14.3. The van der Waals surface area contributed by atoms with Crippen LogP contribution in [-0.2, 0) is 5.41 Å². The molecular weight excluding hydrogens is 683 g/mol. The highest BCUT2D eigenvalue weighted by Crippen LogP contribution is 2.63. The molecule has 1 atom stereocenters. The van der Waals surface area contributed by atoms with Gasteiger partial charge in [0.15, 0.2) is 5.58 Å². The first-order valence-electron chi connectivity index (χ1n) is 19.2. The molecule has 0 bridgehead atoms. The van der Waals surface area contributed by atoms with Gasteiger partial charge in [-0.25, -0.2) is 0 Å². The summed E-state index contributed by atoms with van der Waals surface area (Å²) >= 11 is 0. The Morgan fingerprint density at radius 3 is 1.98 bits per heavy atom. The average molecular weight is 716 g/mol. The van der Waals surface area contributed by atoms with E-state index >= 15 is 0 Å². The van der Waals surface area contributed by atoms with Crippen molar-refractivity contribution in [3.05, 3.63) is 222 Å². The third-order valence-corrected chi connectivity index (χ3v) is 11.9. The molecule has 0 N–H and O–H groups in total. The number of fused-ring (bicyclic) bond motifs is 14. The lowest BCUT2D eigenvalue weighted by molar-refractivity contribution is 0.442. The largest absolute Gasteiger partial charge is 0.456 e. The van der Waals surface area contributed by atoms with Crippen molar-refractivity contribution < 1.29 is 9.15 Å². The Hall–Kier alpha value is -7.36. The second-order valence-corrected chi connectivity index (χ2v) is 14.8. The van der Waals surface area contributed by atoms with Gasteiger partial charge in [0.2, 0.25) is 0 Å². The Kier molecular flexibility index (Phi) is 6.55. The lowest BCUT2D eigenvalue weighted by Crippen LogP contribution is -2.32. The number of hydrogen-bond donors (Lipinski definition) is 0. The highest BCUT2D eigenvalue weighted by atomic mass is 16.5. The number of nitrogens with zero attached hydrogens (tertiary/aromatic N) is 1. The molecule has 1 spiro atoms. The minimum absolute atomic E-state index is 0.550. The molecule has 10 aromatic rings. The van der Waals surface area contributed by atoms with Crippen LogP contribution in [0.3, 0.4) is 0 Å². The van der Waals surface area contributed by atoms with E-state index in [0.29, 0.717) is 0 Å². The zero-order valence-corrected chi connectivity index (χ0v) is 30.3. The Bertz CT molecular complexity index is 3180. The summed E-state index contributed by atoms with van der Waals surface area (Å²) in [6, 6.07) is 71.8.